The van der Waals surface area contributed by atoms with Gasteiger partial charge in [0.05, 0.1) is 6.26 Å². The SMILES string of the molecule is CS(=O)(=O)N1CCCC(CC2(CBr)CC3CCC2C3)C1. The number of alkyl halides is 1. The molecule has 0 N–H and O–H groups in total. The van der Waals surface area contributed by atoms with E-state index in [4.69, 9.17) is 0 Å². The number of nitrogens with zero attached hydrogens (tertiary/aromatic N) is 1. The second kappa shape index (κ2) is 5.54. The monoisotopic (exact) mass is 363 g/mol. The van der Waals surface area contributed by atoms with E-state index < -0.39 is 10.0 Å². The minimum Gasteiger partial charge on any atom is -0.213 e. The van der Waals surface area contributed by atoms with Gasteiger partial charge in [-0.05, 0) is 61.7 Å². The Morgan fingerprint density at radius 2 is 2.10 bits per heavy atom. The van der Waals surface area contributed by atoms with Crippen LogP contribution in [0.4, 0.5) is 0 Å². The van der Waals surface area contributed by atoms with Crippen LogP contribution < -0.4 is 0 Å². The Bertz CT molecular complexity index is 466. The fraction of sp³-hybridized carbons (Fsp3) is 1.00. The molecule has 0 aromatic rings. The molecule has 3 aliphatic rings. The molecule has 2 aliphatic carbocycles. The highest BCUT2D eigenvalue weighted by Crippen LogP contribution is 2.59. The number of rotatable bonds is 4. The van der Waals surface area contributed by atoms with Gasteiger partial charge in [0.25, 0.3) is 0 Å². The second-order valence-corrected chi connectivity index (χ2v) is 9.95. The van der Waals surface area contributed by atoms with Crippen molar-refractivity contribution >= 4 is 26.0 Å². The molecular formula is C15H26BrNO2S. The van der Waals surface area contributed by atoms with Crippen molar-refractivity contribution in [2.75, 3.05) is 24.7 Å². The van der Waals surface area contributed by atoms with Crippen molar-refractivity contribution in [3.8, 4) is 0 Å². The zero-order valence-corrected chi connectivity index (χ0v) is 14.8. The van der Waals surface area contributed by atoms with Crippen molar-refractivity contribution in [1.29, 1.82) is 0 Å². The molecule has 3 fully saturated rings. The number of hydrogen-bond acceptors (Lipinski definition) is 2. The van der Waals surface area contributed by atoms with Crippen molar-refractivity contribution in [2.24, 2.45) is 23.2 Å². The van der Waals surface area contributed by atoms with Crippen molar-refractivity contribution in [3.05, 3.63) is 0 Å². The van der Waals surface area contributed by atoms with Crippen LogP contribution in [0.2, 0.25) is 0 Å². The Morgan fingerprint density at radius 1 is 1.30 bits per heavy atom. The summed E-state index contributed by atoms with van der Waals surface area (Å²) in [6.45, 7) is 1.48. The highest BCUT2D eigenvalue weighted by Gasteiger charge is 2.51. The van der Waals surface area contributed by atoms with Gasteiger partial charge in [0, 0.05) is 18.4 Å². The van der Waals surface area contributed by atoms with Gasteiger partial charge in [-0.25, -0.2) is 12.7 Å². The maximum absolute atomic E-state index is 11.8. The lowest BCUT2D eigenvalue weighted by Crippen LogP contribution is -2.42. The average molecular weight is 364 g/mol. The van der Waals surface area contributed by atoms with E-state index in [0.29, 0.717) is 11.3 Å². The lowest BCUT2D eigenvalue weighted by Gasteiger charge is -2.41. The Balaban J connectivity index is 1.68. The molecule has 1 aliphatic heterocycles. The summed E-state index contributed by atoms with van der Waals surface area (Å²) in [6.07, 6.45) is 10.5. The van der Waals surface area contributed by atoms with Gasteiger partial charge in [-0.15, -0.1) is 0 Å². The van der Waals surface area contributed by atoms with Crippen molar-refractivity contribution in [2.45, 2.75) is 44.9 Å². The molecule has 0 aromatic carbocycles. The minimum absolute atomic E-state index is 0.466. The van der Waals surface area contributed by atoms with Gasteiger partial charge in [-0.3, -0.25) is 0 Å². The van der Waals surface area contributed by atoms with Gasteiger partial charge in [0.15, 0.2) is 0 Å². The zero-order chi connectivity index (χ0) is 14.4. The summed E-state index contributed by atoms with van der Waals surface area (Å²) in [5, 5.41) is 1.11. The van der Waals surface area contributed by atoms with E-state index in [-0.39, 0.29) is 0 Å². The third-order valence-electron chi connectivity index (χ3n) is 6.01. The van der Waals surface area contributed by atoms with Crippen LogP contribution >= 0.6 is 15.9 Å². The third kappa shape index (κ3) is 2.82. The summed E-state index contributed by atoms with van der Waals surface area (Å²) < 4.78 is 25.2. The molecule has 4 atom stereocenters. The zero-order valence-electron chi connectivity index (χ0n) is 12.4. The van der Waals surface area contributed by atoms with Gasteiger partial charge >= 0.3 is 0 Å². The molecule has 3 nitrogen and oxygen atoms in total. The number of hydrogen-bond donors (Lipinski definition) is 0. The molecule has 0 spiro atoms. The first-order valence-electron chi connectivity index (χ1n) is 7.94. The Hall–Kier alpha value is 0.390. The molecule has 4 unspecified atom stereocenters. The molecule has 0 amide bonds. The first-order valence-corrected chi connectivity index (χ1v) is 10.9. The van der Waals surface area contributed by atoms with Crippen molar-refractivity contribution in [3.63, 3.8) is 0 Å². The van der Waals surface area contributed by atoms with Crippen LogP contribution in [0.3, 0.4) is 0 Å². The number of sulfonamides is 1. The van der Waals surface area contributed by atoms with Crippen LogP contribution in [0.5, 0.6) is 0 Å². The smallest absolute Gasteiger partial charge is 0.211 e. The Kier molecular flexibility index (Phi) is 4.24. The van der Waals surface area contributed by atoms with Gasteiger partial charge in [-0.1, -0.05) is 22.4 Å². The first-order chi connectivity index (χ1) is 9.43. The molecule has 1 heterocycles. The molecule has 5 heteroatoms. The Labute approximate surface area is 131 Å². The van der Waals surface area contributed by atoms with Gasteiger partial charge in [0.2, 0.25) is 10.0 Å². The lowest BCUT2D eigenvalue weighted by molar-refractivity contribution is 0.122. The van der Waals surface area contributed by atoms with Gasteiger partial charge in [-0.2, -0.15) is 0 Å². The third-order valence-corrected chi connectivity index (χ3v) is 8.40. The number of piperidine rings is 1. The van der Waals surface area contributed by atoms with Crippen LogP contribution in [-0.2, 0) is 10.0 Å². The van der Waals surface area contributed by atoms with Crippen LogP contribution in [0.15, 0.2) is 0 Å². The highest BCUT2D eigenvalue weighted by atomic mass is 79.9. The van der Waals surface area contributed by atoms with E-state index >= 15 is 0 Å². The molecule has 1 saturated heterocycles. The fourth-order valence-corrected chi connectivity index (χ4v) is 6.95. The van der Waals surface area contributed by atoms with E-state index in [1.807, 2.05) is 0 Å². The highest BCUT2D eigenvalue weighted by molar-refractivity contribution is 9.09. The van der Waals surface area contributed by atoms with Crippen LogP contribution in [0, 0.1) is 23.2 Å². The summed E-state index contributed by atoms with van der Waals surface area (Å²) in [7, 11) is -3.01. The summed E-state index contributed by atoms with van der Waals surface area (Å²) >= 11 is 3.78. The van der Waals surface area contributed by atoms with Crippen LogP contribution in [0.1, 0.15) is 44.9 Å². The summed E-state index contributed by atoms with van der Waals surface area (Å²) in [5.74, 6) is 2.41. The number of fused-ring (bicyclic) bond motifs is 2. The molecule has 0 radical (unpaired) electrons. The molecular weight excluding hydrogens is 338 g/mol. The maximum Gasteiger partial charge on any atom is 0.211 e. The van der Waals surface area contributed by atoms with Crippen LogP contribution in [-0.4, -0.2) is 37.4 Å². The molecule has 2 saturated carbocycles. The van der Waals surface area contributed by atoms with E-state index in [2.05, 4.69) is 15.9 Å². The first kappa shape index (κ1) is 15.3. The van der Waals surface area contributed by atoms with E-state index in [9.17, 15) is 8.42 Å². The standard InChI is InChI=1S/C15H26BrNO2S/c1-20(18,19)17-6-2-3-13(10-17)9-15(11-16)8-12-4-5-14(15)7-12/h12-14H,2-11H2,1H3. The normalized spacial score (nSPS) is 42.2. The van der Waals surface area contributed by atoms with Crippen molar-refractivity contribution in [1.82, 2.24) is 4.31 Å². The maximum atomic E-state index is 11.8. The summed E-state index contributed by atoms with van der Waals surface area (Å²) in [6, 6.07) is 0. The molecule has 2 bridgehead atoms. The topological polar surface area (TPSA) is 37.4 Å². The van der Waals surface area contributed by atoms with Crippen molar-refractivity contribution < 1.29 is 8.42 Å². The van der Waals surface area contributed by atoms with E-state index in [0.717, 1.165) is 36.7 Å². The minimum atomic E-state index is -3.01. The lowest BCUT2D eigenvalue weighted by atomic mass is 9.68. The largest absolute Gasteiger partial charge is 0.213 e. The van der Waals surface area contributed by atoms with Crippen LogP contribution in [0.25, 0.3) is 0 Å². The predicted molar refractivity (Wildman–Crippen MR) is 85.4 cm³/mol. The summed E-state index contributed by atoms with van der Waals surface area (Å²) in [4.78, 5) is 0. The van der Waals surface area contributed by atoms with Gasteiger partial charge in [0.1, 0.15) is 0 Å². The molecule has 116 valence electrons. The molecule has 3 rings (SSSR count). The second-order valence-electron chi connectivity index (χ2n) is 7.41. The molecule has 0 aromatic heterocycles. The Morgan fingerprint density at radius 3 is 2.65 bits per heavy atom. The molecule has 20 heavy (non-hydrogen) atoms. The predicted octanol–water partition coefficient (Wildman–Crippen LogP) is 3.25. The average Bonchev–Trinajstić information content (AvgIpc) is 2.99. The van der Waals surface area contributed by atoms with E-state index in [1.54, 1.807) is 4.31 Å². The fourth-order valence-electron chi connectivity index (χ4n) is 5.10. The number of halogens is 1. The quantitative estimate of drug-likeness (QED) is 0.718. The summed E-state index contributed by atoms with van der Waals surface area (Å²) in [5.41, 5.74) is 0.466. The van der Waals surface area contributed by atoms with Gasteiger partial charge < -0.3 is 0 Å². The van der Waals surface area contributed by atoms with E-state index in [1.165, 1.54) is 44.8 Å².